The van der Waals surface area contributed by atoms with E-state index in [-0.39, 0.29) is 35.9 Å². The van der Waals surface area contributed by atoms with E-state index < -0.39 is 6.04 Å². The molecule has 2 unspecified atom stereocenters. The van der Waals surface area contributed by atoms with Gasteiger partial charge in [-0.3, -0.25) is 9.59 Å². The van der Waals surface area contributed by atoms with Gasteiger partial charge in [0, 0.05) is 6.61 Å². The van der Waals surface area contributed by atoms with Gasteiger partial charge >= 0.3 is 0 Å². The number of nitrogens with one attached hydrogen (secondary N) is 2. The van der Waals surface area contributed by atoms with Gasteiger partial charge in [-0.25, -0.2) is 0 Å². The number of carbonyl (C=O) groups excluding carboxylic acids is 2. The Morgan fingerprint density at radius 3 is 2.58 bits per heavy atom. The molecule has 0 aromatic heterocycles. The molecule has 6 nitrogen and oxygen atoms in total. The molecular weight excluding hydrogens is 246 g/mol. The number of amides is 2. The molecule has 1 rings (SSSR count). The van der Waals surface area contributed by atoms with Crippen LogP contribution in [0.25, 0.3) is 0 Å². The second kappa shape index (κ2) is 6.34. The maximum Gasteiger partial charge on any atom is 0.239 e. The van der Waals surface area contributed by atoms with Crippen LogP contribution in [0.5, 0.6) is 0 Å². The van der Waals surface area contributed by atoms with E-state index >= 15 is 0 Å². The molecule has 1 aliphatic heterocycles. The summed E-state index contributed by atoms with van der Waals surface area (Å²) in [5.41, 5.74) is 5.33. The molecule has 0 aromatic rings. The highest BCUT2D eigenvalue weighted by Crippen LogP contribution is 2.24. The molecule has 6 heteroatoms. The quantitative estimate of drug-likeness (QED) is 0.644. The Balaban J connectivity index is 2.38. The van der Waals surface area contributed by atoms with Crippen molar-refractivity contribution in [2.24, 2.45) is 11.7 Å². The molecule has 2 amide bonds. The van der Waals surface area contributed by atoms with Gasteiger partial charge in [-0.05, 0) is 26.2 Å². The Kier molecular flexibility index (Phi) is 5.31. The molecule has 0 aromatic carbocycles. The van der Waals surface area contributed by atoms with E-state index in [9.17, 15) is 9.59 Å². The average molecular weight is 271 g/mol. The minimum atomic E-state index is -0.586. The third kappa shape index (κ3) is 4.18. The molecule has 0 radical (unpaired) electrons. The molecule has 1 saturated heterocycles. The summed E-state index contributed by atoms with van der Waals surface area (Å²) in [7, 11) is 0. The summed E-state index contributed by atoms with van der Waals surface area (Å²) in [6, 6.07) is -0.586. The molecule has 0 aliphatic carbocycles. The third-order valence-corrected chi connectivity index (χ3v) is 3.76. The summed E-state index contributed by atoms with van der Waals surface area (Å²) < 4.78 is 5.44. The fourth-order valence-corrected chi connectivity index (χ4v) is 1.95. The largest absolute Gasteiger partial charge is 0.376 e. The second-order valence-corrected chi connectivity index (χ2v) is 5.72. The van der Waals surface area contributed by atoms with Crippen LogP contribution in [0.1, 0.15) is 34.1 Å². The molecule has 4 N–H and O–H groups in total. The Hall–Kier alpha value is -1.14. The van der Waals surface area contributed by atoms with E-state index in [1.54, 1.807) is 0 Å². The molecule has 110 valence electrons. The minimum Gasteiger partial charge on any atom is -0.376 e. The van der Waals surface area contributed by atoms with E-state index in [2.05, 4.69) is 10.6 Å². The maximum absolute atomic E-state index is 11.8. The summed E-state index contributed by atoms with van der Waals surface area (Å²) in [5.74, 6) is -0.473. The topological polar surface area (TPSA) is 93.5 Å². The zero-order chi connectivity index (χ0) is 14.6. The zero-order valence-corrected chi connectivity index (χ0v) is 12.2. The first-order valence-electron chi connectivity index (χ1n) is 6.72. The van der Waals surface area contributed by atoms with Gasteiger partial charge in [0.15, 0.2) is 0 Å². The van der Waals surface area contributed by atoms with Crippen LogP contribution < -0.4 is 16.4 Å². The van der Waals surface area contributed by atoms with Gasteiger partial charge in [0.05, 0.1) is 24.2 Å². The molecule has 3 atom stereocenters. The van der Waals surface area contributed by atoms with Crippen molar-refractivity contribution in [3.63, 3.8) is 0 Å². The molecule has 0 bridgehead atoms. The van der Waals surface area contributed by atoms with Crippen LogP contribution in [0.3, 0.4) is 0 Å². The van der Waals surface area contributed by atoms with Crippen molar-refractivity contribution in [1.82, 2.24) is 10.6 Å². The van der Waals surface area contributed by atoms with Crippen LogP contribution in [-0.2, 0) is 14.3 Å². The monoisotopic (exact) mass is 271 g/mol. The lowest BCUT2D eigenvalue weighted by Gasteiger charge is -2.29. The first kappa shape index (κ1) is 15.9. The number of hydrogen-bond acceptors (Lipinski definition) is 4. The highest BCUT2D eigenvalue weighted by Gasteiger charge is 2.38. The fraction of sp³-hybridized carbons (Fsp3) is 0.846. The van der Waals surface area contributed by atoms with Gasteiger partial charge in [-0.2, -0.15) is 0 Å². The highest BCUT2D eigenvalue weighted by atomic mass is 16.5. The average Bonchev–Trinajstić information content (AvgIpc) is 2.65. The van der Waals surface area contributed by atoms with Gasteiger partial charge < -0.3 is 21.1 Å². The van der Waals surface area contributed by atoms with E-state index in [1.165, 1.54) is 0 Å². The van der Waals surface area contributed by atoms with Crippen molar-refractivity contribution >= 4 is 11.8 Å². The van der Waals surface area contributed by atoms with Crippen LogP contribution in [-0.4, -0.2) is 42.7 Å². The van der Waals surface area contributed by atoms with Crippen molar-refractivity contribution in [2.45, 2.75) is 51.8 Å². The molecule has 1 heterocycles. The lowest BCUT2D eigenvalue weighted by Crippen LogP contribution is -2.54. The lowest BCUT2D eigenvalue weighted by molar-refractivity contribution is -0.128. The van der Waals surface area contributed by atoms with Crippen LogP contribution >= 0.6 is 0 Å². The van der Waals surface area contributed by atoms with E-state index in [1.807, 2.05) is 27.7 Å². The van der Waals surface area contributed by atoms with Gasteiger partial charge in [0.1, 0.15) is 0 Å². The van der Waals surface area contributed by atoms with Gasteiger partial charge in [0.25, 0.3) is 0 Å². The fourth-order valence-electron chi connectivity index (χ4n) is 1.95. The highest BCUT2D eigenvalue weighted by molar-refractivity contribution is 5.87. The lowest BCUT2D eigenvalue weighted by atomic mass is 9.94. The van der Waals surface area contributed by atoms with Gasteiger partial charge in [0.2, 0.25) is 11.8 Å². The summed E-state index contributed by atoms with van der Waals surface area (Å²) in [6.45, 7) is 8.20. The standard InChI is InChI=1S/C13H25N3O3/c1-8(2)11(14)12(18)15-7-10(17)16-13(4)5-6-19-9(13)3/h8-9,11H,5-7,14H2,1-4H3,(H,15,18)(H,16,17)/t9?,11-,13?/m0/s1. The summed E-state index contributed by atoms with van der Waals surface area (Å²) in [4.78, 5) is 23.5. The Morgan fingerprint density at radius 2 is 2.11 bits per heavy atom. The molecule has 1 aliphatic rings. The Morgan fingerprint density at radius 1 is 1.47 bits per heavy atom. The predicted octanol–water partition coefficient (Wildman–Crippen LogP) is -0.230. The smallest absolute Gasteiger partial charge is 0.239 e. The van der Waals surface area contributed by atoms with Crippen LogP contribution in [0.4, 0.5) is 0 Å². The van der Waals surface area contributed by atoms with Crippen molar-refractivity contribution in [2.75, 3.05) is 13.2 Å². The van der Waals surface area contributed by atoms with Crippen molar-refractivity contribution in [1.29, 1.82) is 0 Å². The SMILES string of the molecule is CC(C)[C@H](N)C(=O)NCC(=O)NC1(C)CCOC1C. The predicted molar refractivity (Wildman–Crippen MR) is 72.4 cm³/mol. The van der Waals surface area contributed by atoms with Crippen LogP contribution in [0.2, 0.25) is 0 Å². The first-order chi connectivity index (χ1) is 8.76. The van der Waals surface area contributed by atoms with E-state index in [4.69, 9.17) is 10.5 Å². The number of rotatable bonds is 5. The summed E-state index contributed by atoms with van der Waals surface area (Å²) in [5, 5.41) is 5.46. The van der Waals surface area contributed by atoms with Crippen LogP contribution in [0, 0.1) is 5.92 Å². The molecular formula is C13H25N3O3. The van der Waals surface area contributed by atoms with Crippen molar-refractivity contribution < 1.29 is 14.3 Å². The molecule has 1 fully saturated rings. The summed E-state index contributed by atoms with van der Waals surface area (Å²) in [6.07, 6.45) is 0.754. The number of nitrogens with two attached hydrogens (primary N) is 1. The van der Waals surface area contributed by atoms with Crippen LogP contribution in [0.15, 0.2) is 0 Å². The van der Waals surface area contributed by atoms with Gasteiger partial charge in [-0.15, -0.1) is 0 Å². The normalized spacial score (nSPS) is 28.2. The molecule has 19 heavy (non-hydrogen) atoms. The molecule has 0 spiro atoms. The van der Waals surface area contributed by atoms with E-state index in [0.29, 0.717) is 6.61 Å². The minimum absolute atomic E-state index is 0.0231. The number of ether oxygens (including phenoxy) is 1. The summed E-state index contributed by atoms with van der Waals surface area (Å²) >= 11 is 0. The number of carbonyl (C=O) groups is 2. The number of hydrogen-bond donors (Lipinski definition) is 3. The van der Waals surface area contributed by atoms with Crippen molar-refractivity contribution in [3.8, 4) is 0 Å². The zero-order valence-electron chi connectivity index (χ0n) is 12.2. The second-order valence-electron chi connectivity index (χ2n) is 5.72. The third-order valence-electron chi connectivity index (χ3n) is 3.76. The first-order valence-corrected chi connectivity index (χ1v) is 6.72. The van der Waals surface area contributed by atoms with E-state index in [0.717, 1.165) is 6.42 Å². The Bertz CT molecular complexity index is 346. The van der Waals surface area contributed by atoms with Crippen molar-refractivity contribution in [3.05, 3.63) is 0 Å². The van der Waals surface area contributed by atoms with Gasteiger partial charge in [-0.1, -0.05) is 13.8 Å². The molecule has 0 saturated carbocycles. The maximum atomic E-state index is 11.8. The Labute approximate surface area is 114 Å².